The Labute approximate surface area is 203 Å². The highest BCUT2D eigenvalue weighted by Crippen LogP contribution is 2.45. The largest absolute Gasteiger partial charge is 0.497 e. The summed E-state index contributed by atoms with van der Waals surface area (Å²) < 4.78 is 19.6. The Morgan fingerprint density at radius 2 is 1.76 bits per heavy atom. The van der Waals surface area contributed by atoms with Crippen LogP contribution in [0.2, 0.25) is 0 Å². The van der Waals surface area contributed by atoms with Crippen LogP contribution < -0.4 is 4.74 Å². The molecule has 1 fully saturated rings. The third kappa shape index (κ3) is 4.40. The number of thioether (sulfide) groups is 1. The highest BCUT2D eigenvalue weighted by molar-refractivity contribution is 7.99. The number of benzene rings is 3. The smallest absolute Gasteiger partial charge is 0.331 e. The van der Waals surface area contributed by atoms with Gasteiger partial charge in [-0.1, -0.05) is 30.3 Å². The van der Waals surface area contributed by atoms with Crippen LogP contribution in [0.4, 0.5) is 4.39 Å². The Kier molecular flexibility index (Phi) is 6.05. The second kappa shape index (κ2) is 9.15. The monoisotopic (exact) mass is 472 g/mol. The van der Waals surface area contributed by atoms with Gasteiger partial charge in [0.25, 0.3) is 0 Å². The summed E-state index contributed by atoms with van der Waals surface area (Å²) >= 11 is 1.78. The van der Waals surface area contributed by atoms with Crippen LogP contribution in [0.1, 0.15) is 36.5 Å². The summed E-state index contributed by atoms with van der Waals surface area (Å²) in [6, 6.07) is 19.0. The lowest BCUT2D eigenvalue weighted by atomic mass is 9.93. The number of rotatable bonds is 6. The molecule has 1 aliphatic carbocycles. The maximum absolute atomic E-state index is 14.4. The summed E-state index contributed by atoms with van der Waals surface area (Å²) in [5, 5.41) is 9.57. The van der Waals surface area contributed by atoms with E-state index in [1.165, 1.54) is 16.5 Å². The predicted octanol–water partition coefficient (Wildman–Crippen LogP) is 7.42. The van der Waals surface area contributed by atoms with E-state index >= 15 is 0 Å². The van der Waals surface area contributed by atoms with E-state index in [2.05, 4.69) is 24.3 Å². The molecule has 0 bridgehead atoms. The second-order valence-electron chi connectivity index (χ2n) is 8.75. The Bertz CT molecular complexity index is 1330. The highest BCUT2D eigenvalue weighted by Gasteiger charge is 2.30. The average molecular weight is 473 g/mol. The van der Waals surface area contributed by atoms with E-state index in [9.17, 15) is 14.3 Å². The van der Waals surface area contributed by atoms with Gasteiger partial charge in [0, 0.05) is 21.8 Å². The molecule has 1 aliphatic heterocycles. The summed E-state index contributed by atoms with van der Waals surface area (Å²) in [7, 11) is 1.57. The van der Waals surface area contributed by atoms with E-state index in [4.69, 9.17) is 4.74 Å². The maximum atomic E-state index is 14.4. The van der Waals surface area contributed by atoms with Crippen molar-refractivity contribution in [1.29, 1.82) is 0 Å². The van der Waals surface area contributed by atoms with Gasteiger partial charge < -0.3 is 9.84 Å². The lowest BCUT2D eigenvalue weighted by molar-refractivity contribution is -0.132. The number of ether oxygens (including phenoxy) is 1. The Balaban J connectivity index is 1.47. The zero-order valence-corrected chi connectivity index (χ0v) is 19.9. The van der Waals surface area contributed by atoms with Crippen LogP contribution in [0, 0.1) is 11.7 Å². The van der Waals surface area contributed by atoms with E-state index in [0.717, 1.165) is 46.4 Å². The first-order valence-electron chi connectivity index (χ1n) is 11.3. The predicted molar refractivity (Wildman–Crippen MR) is 136 cm³/mol. The van der Waals surface area contributed by atoms with E-state index in [-0.39, 0.29) is 5.82 Å². The van der Waals surface area contributed by atoms with Gasteiger partial charge >= 0.3 is 5.97 Å². The van der Waals surface area contributed by atoms with Crippen LogP contribution in [0.5, 0.6) is 5.75 Å². The van der Waals surface area contributed by atoms with Crippen LogP contribution in [-0.4, -0.2) is 23.9 Å². The van der Waals surface area contributed by atoms with Crippen LogP contribution >= 0.6 is 11.8 Å². The van der Waals surface area contributed by atoms with Crippen molar-refractivity contribution in [2.45, 2.75) is 24.7 Å². The molecule has 5 heteroatoms. The molecule has 0 amide bonds. The van der Waals surface area contributed by atoms with Crippen LogP contribution in [-0.2, 0) is 4.79 Å². The number of aliphatic carboxylic acids is 1. The molecule has 34 heavy (non-hydrogen) atoms. The molecule has 0 saturated heterocycles. The van der Waals surface area contributed by atoms with Crippen molar-refractivity contribution in [2.75, 3.05) is 12.9 Å². The van der Waals surface area contributed by atoms with Gasteiger partial charge in [0.05, 0.1) is 7.11 Å². The highest BCUT2D eigenvalue weighted by atomic mass is 32.2. The number of halogens is 1. The van der Waals surface area contributed by atoms with Gasteiger partial charge in [0.15, 0.2) is 0 Å². The van der Waals surface area contributed by atoms with Gasteiger partial charge in [-0.2, -0.15) is 0 Å². The van der Waals surface area contributed by atoms with Crippen molar-refractivity contribution in [3.8, 4) is 16.9 Å². The molecule has 0 aromatic heterocycles. The molecular weight excluding hydrogens is 447 g/mol. The van der Waals surface area contributed by atoms with Crippen molar-refractivity contribution in [1.82, 2.24) is 0 Å². The Morgan fingerprint density at radius 1 is 1.03 bits per heavy atom. The minimum Gasteiger partial charge on any atom is -0.497 e. The molecule has 172 valence electrons. The normalized spacial score (nSPS) is 15.8. The fraction of sp³-hybridized carbons (Fsp3) is 0.207. The molecule has 2 aliphatic rings. The molecule has 1 saturated carbocycles. The standard InChI is InChI=1S/C29H25FO3S/c1-17(29(31)32)28(20-7-8-20)21-9-12-27-22(13-21)14-23(16-34-27)18-3-5-19(6-4-18)25-15-24(33-2)10-11-26(25)30/h3-6,9-15,20H,7-8,16H2,1-2H3,(H,31,32). The van der Waals surface area contributed by atoms with E-state index in [1.807, 2.05) is 24.3 Å². The lowest BCUT2D eigenvalue weighted by Crippen LogP contribution is -2.03. The number of carboxylic acids is 1. The number of hydrogen-bond acceptors (Lipinski definition) is 3. The summed E-state index contributed by atoms with van der Waals surface area (Å²) in [4.78, 5) is 12.9. The van der Waals surface area contributed by atoms with Gasteiger partial charge in [-0.05, 0) is 95.5 Å². The van der Waals surface area contributed by atoms with Crippen molar-refractivity contribution >= 4 is 35.0 Å². The first-order chi connectivity index (χ1) is 16.4. The van der Waals surface area contributed by atoms with Crippen LogP contribution in [0.15, 0.2) is 71.1 Å². The molecule has 5 rings (SSSR count). The molecule has 0 atom stereocenters. The summed E-state index contributed by atoms with van der Waals surface area (Å²) in [6.07, 6.45) is 4.29. The molecular formula is C29H25FO3S. The Morgan fingerprint density at radius 3 is 2.44 bits per heavy atom. The summed E-state index contributed by atoms with van der Waals surface area (Å²) in [5.41, 5.74) is 7.12. The molecule has 3 aromatic carbocycles. The first kappa shape index (κ1) is 22.5. The minimum absolute atomic E-state index is 0.279. The third-order valence-electron chi connectivity index (χ3n) is 6.48. The van der Waals surface area contributed by atoms with Crippen molar-refractivity contribution < 1.29 is 19.0 Å². The molecule has 3 aromatic rings. The topological polar surface area (TPSA) is 46.5 Å². The number of carbonyl (C=O) groups is 1. The number of hydrogen-bond donors (Lipinski definition) is 1. The lowest BCUT2D eigenvalue weighted by Gasteiger charge is -2.19. The van der Waals surface area contributed by atoms with Gasteiger partial charge in [-0.25, -0.2) is 9.18 Å². The maximum Gasteiger partial charge on any atom is 0.331 e. The van der Waals surface area contributed by atoms with Gasteiger partial charge in [-0.15, -0.1) is 11.8 Å². The number of methoxy groups -OCH3 is 1. The first-order valence-corrected chi connectivity index (χ1v) is 12.3. The average Bonchev–Trinajstić information content (AvgIpc) is 3.69. The number of carboxylic acid groups (broad SMARTS) is 1. The SMILES string of the molecule is COc1ccc(F)c(-c2ccc(C3=Cc4cc(C(=C(C)C(=O)O)C5CC5)ccc4SC3)cc2)c1. The van der Waals surface area contributed by atoms with Crippen LogP contribution in [0.3, 0.4) is 0 Å². The van der Waals surface area contributed by atoms with Crippen molar-refractivity contribution in [3.63, 3.8) is 0 Å². The van der Waals surface area contributed by atoms with E-state index in [1.54, 1.807) is 37.9 Å². The van der Waals surface area contributed by atoms with E-state index < -0.39 is 5.97 Å². The second-order valence-corrected chi connectivity index (χ2v) is 9.77. The van der Waals surface area contributed by atoms with E-state index in [0.29, 0.717) is 22.8 Å². The molecule has 1 N–H and O–H groups in total. The molecule has 0 spiro atoms. The summed E-state index contributed by atoms with van der Waals surface area (Å²) in [6.45, 7) is 1.71. The zero-order valence-electron chi connectivity index (χ0n) is 19.1. The van der Waals surface area contributed by atoms with Crippen LogP contribution in [0.25, 0.3) is 28.3 Å². The fourth-order valence-electron chi connectivity index (χ4n) is 4.47. The number of allylic oxidation sites excluding steroid dienone is 1. The minimum atomic E-state index is -0.849. The Hall–Kier alpha value is -3.31. The van der Waals surface area contributed by atoms with Crippen molar-refractivity contribution in [2.24, 2.45) is 5.92 Å². The quantitative estimate of drug-likeness (QED) is 0.379. The van der Waals surface area contributed by atoms with Crippen molar-refractivity contribution in [3.05, 3.63) is 88.7 Å². The molecule has 1 heterocycles. The third-order valence-corrected chi connectivity index (χ3v) is 7.62. The molecule has 3 nitrogen and oxygen atoms in total. The summed E-state index contributed by atoms with van der Waals surface area (Å²) in [5.74, 6) is 0.686. The van der Waals surface area contributed by atoms with Gasteiger partial charge in [0.1, 0.15) is 11.6 Å². The van der Waals surface area contributed by atoms with Gasteiger partial charge in [-0.3, -0.25) is 0 Å². The van der Waals surface area contributed by atoms with Gasteiger partial charge in [0.2, 0.25) is 0 Å². The zero-order chi connectivity index (χ0) is 23.8. The molecule has 0 radical (unpaired) electrons. The fourth-order valence-corrected chi connectivity index (χ4v) is 5.48. The molecule has 0 unspecified atom stereocenters. The number of fused-ring (bicyclic) bond motifs is 1.